The van der Waals surface area contributed by atoms with Crippen molar-refractivity contribution in [1.29, 1.82) is 0 Å². The first-order valence-electron chi connectivity index (χ1n) is 9.45. The van der Waals surface area contributed by atoms with Crippen LogP contribution in [0.1, 0.15) is 96.8 Å². The highest BCUT2D eigenvalue weighted by atomic mass is 16.4. The summed E-state index contributed by atoms with van der Waals surface area (Å²) in [6, 6.07) is 0. The summed E-state index contributed by atoms with van der Waals surface area (Å²) in [5.74, 6) is -0.664. The molecule has 0 unspecified atom stereocenters. The number of aliphatic carboxylic acids is 1. The van der Waals surface area contributed by atoms with Crippen LogP contribution in [0.2, 0.25) is 0 Å². The second kappa shape index (κ2) is 23.4. The van der Waals surface area contributed by atoms with Gasteiger partial charge in [0.2, 0.25) is 0 Å². The number of hydrogen-bond acceptors (Lipinski definition) is 2. The summed E-state index contributed by atoms with van der Waals surface area (Å²) in [4.78, 5) is 10.3. The maximum absolute atomic E-state index is 10.3. The number of carboxylic acids is 1. The first-order valence-corrected chi connectivity index (χ1v) is 9.45. The van der Waals surface area contributed by atoms with Crippen molar-refractivity contribution in [2.24, 2.45) is 0 Å². The van der Waals surface area contributed by atoms with Crippen LogP contribution in [0.25, 0.3) is 0 Å². The van der Waals surface area contributed by atoms with E-state index in [1.165, 1.54) is 70.6 Å². The molecule has 0 aliphatic carbocycles. The molecule has 0 aliphatic rings. The quantitative estimate of drug-likeness (QED) is 0.280. The summed E-state index contributed by atoms with van der Waals surface area (Å²) in [5.41, 5.74) is 0. The lowest BCUT2D eigenvalue weighted by Crippen LogP contribution is -1.93. The van der Waals surface area contributed by atoms with E-state index in [9.17, 15) is 4.79 Å². The van der Waals surface area contributed by atoms with E-state index < -0.39 is 5.97 Å². The standard InChI is InChI=1S/C18H34O2.C2H6O/c1-2-3-4-5-6-7-8-9-10-11-12-13-14-15-16-17-18(19)20;1-3-2/h9-10H,2-8,11-17H2,1H3,(H,19,20);1-2H3. The highest BCUT2D eigenvalue weighted by molar-refractivity contribution is 5.66. The predicted molar refractivity (Wildman–Crippen MR) is 100 cm³/mol. The molecule has 0 saturated heterocycles. The molecular formula is C20H40O3. The molecule has 0 spiro atoms. The van der Waals surface area contributed by atoms with Gasteiger partial charge in [-0.3, -0.25) is 4.79 Å². The summed E-state index contributed by atoms with van der Waals surface area (Å²) in [5, 5.41) is 8.51. The van der Waals surface area contributed by atoms with Gasteiger partial charge in [-0.05, 0) is 32.1 Å². The molecule has 0 rings (SSSR count). The smallest absolute Gasteiger partial charge is 0.303 e. The lowest BCUT2D eigenvalue weighted by molar-refractivity contribution is -0.137. The molecule has 138 valence electrons. The molecule has 0 saturated carbocycles. The topological polar surface area (TPSA) is 46.5 Å². The number of carboxylic acid groups (broad SMARTS) is 1. The van der Waals surface area contributed by atoms with E-state index >= 15 is 0 Å². The Balaban J connectivity index is 0. The second-order valence-electron chi connectivity index (χ2n) is 6.14. The summed E-state index contributed by atoms with van der Waals surface area (Å²) in [6.07, 6.45) is 21.2. The molecule has 0 radical (unpaired) electrons. The number of carbonyl (C=O) groups is 1. The van der Waals surface area contributed by atoms with E-state index in [0.717, 1.165) is 12.8 Å². The van der Waals surface area contributed by atoms with Gasteiger partial charge in [0.15, 0.2) is 0 Å². The van der Waals surface area contributed by atoms with Gasteiger partial charge < -0.3 is 9.84 Å². The van der Waals surface area contributed by atoms with Crippen LogP contribution in [-0.2, 0) is 9.53 Å². The Morgan fingerprint density at radius 1 is 0.783 bits per heavy atom. The van der Waals surface area contributed by atoms with Crippen LogP contribution in [0, 0.1) is 0 Å². The highest BCUT2D eigenvalue weighted by Gasteiger charge is 1.95. The van der Waals surface area contributed by atoms with Gasteiger partial charge in [0.25, 0.3) is 0 Å². The van der Waals surface area contributed by atoms with Crippen molar-refractivity contribution in [3.05, 3.63) is 12.2 Å². The van der Waals surface area contributed by atoms with E-state index in [1.807, 2.05) is 0 Å². The molecule has 0 bridgehead atoms. The van der Waals surface area contributed by atoms with Gasteiger partial charge in [0.1, 0.15) is 0 Å². The summed E-state index contributed by atoms with van der Waals surface area (Å²) in [6.45, 7) is 2.26. The molecule has 0 atom stereocenters. The Morgan fingerprint density at radius 2 is 1.17 bits per heavy atom. The van der Waals surface area contributed by atoms with E-state index in [1.54, 1.807) is 14.2 Å². The molecule has 1 N–H and O–H groups in total. The third-order valence-electron chi connectivity index (χ3n) is 3.65. The molecule has 0 aliphatic heterocycles. The second-order valence-corrected chi connectivity index (χ2v) is 6.14. The van der Waals surface area contributed by atoms with Gasteiger partial charge in [-0.2, -0.15) is 0 Å². The zero-order chi connectivity index (χ0) is 17.6. The molecule has 0 aromatic rings. The van der Waals surface area contributed by atoms with Crippen molar-refractivity contribution in [3.63, 3.8) is 0 Å². The van der Waals surface area contributed by atoms with Gasteiger partial charge in [0, 0.05) is 20.6 Å². The molecule has 23 heavy (non-hydrogen) atoms. The molecule has 0 fully saturated rings. The van der Waals surface area contributed by atoms with Crippen LogP contribution in [0.5, 0.6) is 0 Å². The molecule has 0 aromatic carbocycles. The molecule has 0 aromatic heterocycles. The molecule has 0 heterocycles. The van der Waals surface area contributed by atoms with Gasteiger partial charge in [-0.15, -0.1) is 0 Å². The minimum atomic E-state index is -0.664. The van der Waals surface area contributed by atoms with Crippen LogP contribution in [0.3, 0.4) is 0 Å². The van der Waals surface area contributed by atoms with Crippen LogP contribution in [0.15, 0.2) is 12.2 Å². The molecule has 3 heteroatoms. The first kappa shape index (κ1) is 24.4. The van der Waals surface area contributed by atoms with Crippen molar-refractivity contribution < 1.29 is 14.6 Å². The summed E-state index contributed by atoms with van der Waals surface area (Å²) in [7, 11) is 3.25. The van der Waals surface area contributed by atoms with Crippen LogP contribution >= 0.6 is 0 Å². The van der Waals surface area contributed by atoms with Crippen molar-refractivity contribution in [2.45, 2.75) is 96.8 Å². The SMILES string of the molecule is CCCCCCCCC=CCCCCCCCC(=O)O.COC. The first-order chi connectivity index (χ1) is 11.2. The highest BCUT2D eigenvalue weighted by Crippen LogP contribution is 2.09. The fraction of sp³-hybridized carbons (Fsp3) is 0.850. The fourth-order valence-electron chi connectivity index (χ4n) is 2.35. The number of ether oxygens (including phenoxy) is 1. The van der Waals surface area contributed by atoms with Gasteiger partial charge in [0.05, 0.1) is 0 Å². The Hall–Kier alpha value is -0.830. The van der Waals surface area contributed by atoms with E-state index in [0.29, 0.717) is 6.42 Å². The van der Waals surface area contributed by atoms with E-state index in [4.69, 9.17) is 5.11 Å². The number of hydrogen-bond donors (Lipinski definition) is 1. The zero-order valence-electron chi connectivity index (χ0n) is 15.8. The van der Waals surface area contributed by atoms with Gasteiger partial charge in [-0.1, -0.05) is 70.4 Å². The Kier molecular flexibility index (Phi) is 24.9. The Labute approximate surface area is 144 Å². The summed E-state index contributed by atoms with van der Waals surface area (Å²) >= 11 is 0. The minimum absolute atomic E-state index is 0.332. The van der Waals surface area contributed by atoms with Gasteiger partial charge >= 0.3 is 5.97 Å². The lowest BCUT2D eigenvalue weighted by Gasteiger charge is -1.99. The largest absolute Gasteiger partial charge is 0.481 e. The average molecular weight is 329 g/mol. The van der Waals surface area contributed by atoms with Crippen molar-refractivity contribution in [3.8, 4) is 0 Å². The average Bonchev–Trinajstić information content (AvgIpc) is 2.51. The maximum Gasteiger partial charge on any atom is 0.303 e. The minimum Gasteiger partial charge on any atom is -0.481 e. The predicted octanol–water partition coefficient (Wildman–Crippen LogP) is 6.37. The van der Waals surface area contributed by atoms with Gasteiger partial charge in [-0.25, -0.2) is 0 Å². The summed E-state index contributed by atoms with van der Waals surface area (Å²) < 4.78 is 4.25. The maximum atomic E-state index is 10.3. The number of rotatable bonds is 15. The van der Waals surface area contributed by atoms with E-state index in [-0.39, 0.29) is 0 Å². The van der Waals surface area contributed by atoms with Crippen molar-refractivity contribution >= 4 is 5.97 Å². The normalized spacial score (nSPS) is 10.6. The zero-order valence-corrected chi connectivity index (χ0v) is 15.8. The molecular weight excluding hydrogens is 288 g/mol. The number of methoxy groups -OCH3 is 1. The van der Waals surface area contributed by atoms with Crippen molar-refractivity contribution in [2.75, 3.05) is 14.2 Å². The Morgan fingerprint density at radius 3 is 1.61 bits per heavy atom. The van der Waals surface area contributed by atoms with Crippen molar-refractivity contribution in [1.82, 2.24) is 0 Å². The number of unbranched alkanes of at least 4 members (excludes halogenated alkanes) is 11. The number of allylic oxidation sites excluding steroid dienone is 2. The Bertz CT molecular complexity index is 249. The third kappa shape index (κ3) is 29.8. The third-order valence-corrected chi connectivity index (χ3v) is 3.65. The lowest BCUT2D eigenvalue weighted by atomic mass is 10.1. The van der Waals surface area contributed by atoms with Crippen LogP contribution in [0.4, 0.5) is 0 Å². The monoisotopic (exact) mass is 328 g/mol. The van der Waals surface area contributed by atoms with Crippen LogP contribution < -0.4 is 0 Å². The van der Waals surface area contributed by atoms with Crippen LogP contribution in [-0.4, -0.2) is 25.3 Å². The molecule has 0 amide bonds. The van der Waals surface area contributed by atoms with E-state index in [2.05, 4.69) is 23.8 Å². The molecule has 3 nitrogen and oxygen atoms in total. The fourth-order valence-corrected chi connectivity index (χ4v) is 2.35.